The Kier molecular flexibility index (Phi) is 4.10. The van der Waals surface area contributed by atoms with E-state index in [4.69, 9.17) is 5.73 Å². The Bertz CT molecular complexity index is 71.4. The molecular formula is C5H12ClFN2. The van der Waals surface area contributed by atoms with Gasteiger partial charge in [-0.1, -0.05) is 0 Å². The fourth-order valence-electron chi connectivity index (χ4n) is 0.851. The molecule has 0 amide bonds. The molecule has 0 bridgehead atoms. The number of nitrogens with one attached hydrogen (secondary N) is 1. The number of halogens is 2. The molecule has 0 aromatic carbocycles. The molecule has 1 heterocycles. The second-order valence-corrected chi connectivity index (χ2v) is 2.17. The summed E-state index contributed by atoms with van der Waals surface area (Å²) in [6.07, 6.45) is -0.211. The van der Waals surface area contributed by atoms with Gasteiger partial charge in [-0.25, -0.2) is 4.39 Å². The minimum Gasteiger partial charge on any atom is -0.324 e. The van der Waals surface area contributed by atoms with Crippen molar-refractivity contribution in [1.29, 1.82) is 0 Å². The van der Waals surface area contributed by atoms with E-state index in [1.54, 1.807) is 0 Å². The average molecular weight is 155 g/mol. The van der Waals surface area contributed by atoms with Crippen LogP contribution in [-0.2, 0) is 0 Å². The smallest absolute Gasteiger partial charge is 0.118 e. The molecule has 0 radical (unpaired) electrons. The van der Waals surface area contributed by atoms with Crippen LogP contribution in [0.5, 0.6) is 0 Å². The average Bonchev–Trinajstić information content (AvgIpc) is 1.77. The summed E-state index contributed by atoms with van der Waals surface area (Å²) in [4.78, 5) is 0. The summed E-state index contributed by atoms with van der Waals surface area (Å²) in [5.41, 5.74) is 5.34. The summed E-state index contributed by atoms with van der Waals surface area (Å²) in [7, 11) is 0. The maximum absolute atomic E-state index is 12.4. The van der Waals surface area contributed by atoms with Gasteiger partial charge in [0.05, 0.1) is 0 Å². The van der Waals surface area contributed by atoms with Gasteiger partial charge in [-0.3, -0.25) is 0 Å². The molecule has 2 atom stereocenters. The lowest BCUT2D eigenvalue weighted by atomic mass is 10.1. The van der Waals surface area contributed by atoms with Gasteiger partial charge in [0.1, 0.15) is 6.17 Å². The molecule has 1 aliphatic heterocycles. The second kappa shape index (κ2) is 4.04. The largest absolute Gasteiger partial charge is 0.324 e. The minimum absolute atomic E-state index is 0. The van der Waals surface area contributed by atoms with Crippen LogP contribution in [-0.4, -0.2) is 25.3 Å². The molecule has 0 spiro atoms. The Labute approximate surface area is 60.4 Å². The van der Waals surface area contributed by atoms with E-state index in [0.29, 0.717) is 13.0 Å². The lowest BCUT2D eigenvalue weighted by Crippen LogP contribution is -2.47. The van der Waals surface area contributed by atoms with Crippen LogP contribution in [0.1, 0.15) is 6.42 Å². The highest BCUT2D eigenvalue weighted by Crippen LogP contribution is 2.04. The van der Waals surface area contributed by atoms with Crippen molar-refractivity contribution in [2.75, 3.05) is 13.1 Å². The molecule has 3 N–H and O–H groups in total. The third-order valence-electron chi connectivity index (χ3n) is 1.44. The van der Waals surface area contributed by atoms with Crippen LogP contribution in [0.4, 0.5) is 4.39 Å². The zero-order valence-electron chi connectivity index (χ0n) is 5.14. The molecule has 9 heavy (non-hydrogen) atoms. The van der Waals surface area contributed by atoms with E-state index in [0.717, 1.165) is 6.54 Å². The first-order valence-electron chi connectivity index (χ1n) is 2.91. The highest BCUT2D eigenvalue weighted by atomic mass is 35.5. The topological polar surface area (TPSA) is 38.0 Å². The summed E-state index contributed by atoms with van der Waals surface area (Å²) in [5, 5.41) is 3.00. The number of hydrogen-bond acceptors (Lipinski definition) is 2. The molecule has 1 aliphatic rings. The zero-order chi connectivity index (χ0) is 5.98. The van der Waals surface area contributed by atoms with Gasteiger partial charge in [-0.05, 0) is 13.0 Å². The van der Waals surface area contributed by atoms with Gasteiger partial charge in [-0.15, -0.1) is 12.4 Å². The van der Waals surface area contributed by atoms with Crippen LogP contribution in [0.15, 0.2) is 0 Å². The number of rotatable bonds is 0. The summed E-state index contributed by atoms with van der Waals surface area (Å²) in [6, 6.07) is -0.274. The van der Waals surface area contributed by atoms with Crippen molar-refractivity contribution in [2.24, 2.45) is 5.73 Å². The number of alkyl halides is 1. The van der Waals surface area contributed by atoms with E-state index in [2.05, 4.69) is 5.32 Å². The predicted octanol–water partition coefficient (Wildman–Crippen LogP) is 0.0669. The van der Waals surface area contributed by atoms with E-state index < -0.39 is 6.17 Å². The number of hydrogen-bond donors (Lipinski definition) is 2. The van der Waals surface area contributed by atoms with E-state index in [1.807, 2.05) is 0 Å². The quantitative estimate of drug-likeness (QED) is 0.518. The first-order chi connectivity index (χ1) is 3.80. The van der Waals surface area contributed by atoms with Crippen LogP contribution < -0.4 is 11.1 Å². The normalized spacial score (nSPS) is 35.3. The third kappa shape index (κ3) is 2.47. The van der Waals surface area contributed by atoms with Crippen molar-refractivity contribution < 1.29 is 4.39 Å². The fourth-order valence-corrected chi connectivity index (χ4v) is 0.851. The Hall–Kier alpha value is 0.140. The van der Waals surface area contributed by atoms with E-state index in [9.17, 15) is 4.39 Å². The van der Waals surface area contributed by atoms with Gasteiger partial charge in [0.25, 0.3) is 0 Å². The van der Waals surface area contributed by atoms with E-state index >= 15 is 0 Å². The molecule has 4 heteroatoms. The molecule has 0 aliphatic carbocycles. The van der Waals surface area contributed by atoms with Crippen molar-refractivity contribution in [1.82, 2.24) is 5.32 Å². The van der Waals surface area contributed by atoms with Crippen molar-refractivity contribution in [3.63, 3.8) is 0 Å². The van der Waals surface area contributed by atoms with Crippen LogP contribution in [0.25, 0.3) is 0 Å². The Balaban J connectivity index is 0.000000640. The molecule has 1 fully saturated rings. The monoisotopic (exact) mass is 154 g/mol. The summed E-state index contributed by atoms with van der Waals surface area (Å²) < 4.78 is 12.4. The van der Waals surface area contributed by atoms with Gasteiger partial charge in [0.15, 0.2) is 0 Å². The number of piperidine rings is 1. The third-order valence-corrected chi connectivity index (χ3v) is 1.44. The maximum atomic E-state index is 12.4. The van der Waals surface area contributed by atoms with Crippen molar-refractivity contribution in [2.45, 2.75) is 18.6 Å². The van der Waals surface area contributed by atoms with Crippen molar-refractivity contribution in [3.05, 3.63) is 0 Å². The Morgan fingerprint density at radius 1 is 1.56 bits per heavy atom. The lowest BCUT2D eigenvalue weighted by molar-refractivity contribution is 0.229. The fraction of sp³-hybridized carbons (Fsp3) is 1.00. The summed E-state index contributed by atoms with van der Waals surface area (Å²) >= 11 is 0. The van der Waals surface area contributed by atoms with Gasteiger partial charge in [0, 0.05) is 12.6 Å². The molecule has 2 nitrogen and oxygen atoms in total. The van der Waals surface area contributed by atoms with Crippen molar-refractivity contribution >= 4 is 12.4 Å². The van der Waals surface area contributed by atoms with Crippen LogP contribution in [0.3, 0.4) is 0 Å². The van der Waals surface area contributed by atoms with E-state index in [-0.39, 0.29) is 18.4 Å². The van der Waals surface area contributed by atoms with Gasteiger partial charge < -0.3 is 11.1 Å². The first-order valence-corrected chi connectivity index (χ1v) is 2.91. The lowest BCUT2D eigenvalue weighted by Gasteiger charge is -2.22. The molecule has 56 valence electrons. The van der Waals surface area contributed by atoms with Gasteiger partial charge >= 0.3 is 0 Å². The van der Waals surface area contributed by atoms with Crippen molar-refractivity contribution in [3.8, 4) is 0 Å². The molecule has 0 aromatic rings. The van der Waals surface area contributed by atoms with Crippen LogP contribution in [0.2, 0.25) is 0 Å². The first kappa shape index (κ1) is 9.14. The summed E-state index contributed by atoms with van der Waals surface area (Å²) in [6.45, 7) is 1.40. The molecule has 1 rings (SSSR count). The second-order valence-electron chi connectivity index (χ2n) is 2.17. The Morgan fingerprint density at radius 2 is 2.22 bits per heavy atom. The van der Waals surface area contributed by atoms with Gasteiger partial charge in [0.2, 0.25) is 0 Å². The zero-order valence-corrected chi connectivity index (χ0v) is 5.96. The summed E-state index contributed by atoms with van der Waals surface area (Å²) in [5.74, 6) is 0. The predicted molar refractivity (Wildman–Crippen MR) is 37.6 cm³/mol. The van der Waals surface area contributed by atoms with E-state index in [1.165, 1.54) is 0 Å². The van der Waals surface area contributed by atoms with Crippen LogP contribution >= 0.6 is 12.4 Å². The number of nitrogens with two attached hydrogens (primary N) is 1. The molecule has 2 unspecified atom stereocenters. The molecule has 0 saturated carbocycles. The highest BCUT2D eigenvalue weighted by molar-refractivity contribution is 5.85. The SMILES string of the molecule is Cl.NC1CNCCC1F. The molecular weight excluding hydrogens is 143 g/mol. The highest BCUT2D eigenvalue weighted by Gasteiger charge is 2.19. The van der Waals surface area contributed by atoms with Crippen LogP contribution in [0, 0.1) is 0 Å². The Morgan fingerprint density at radius 3 is 2.56 bits per heavy atom. The standard InChI is InChI=1S/C5H11FN2.ClH/c6-4-1-2-8-3-5(4)7;/h4-5,8H,1-3,7H2;1H. The molecule has 1 saturated heterocycles. The molecule has 0 aromatic heterocycles. The maximum Gasteiger partial charge on any atom is 0.118 e. The van der Waals surface area contributed by atoms with Gasteiger partial charge in [-0.2, -0.15) is 0 Å². The minimum atomic E-state index is -0.781.